The smallest absolute Gasteiger partial charge is 0.135 e. The number of ether oxygens (including phenoxy) is 1. The fourth-order valence-corrected chi connectivity index (χ4v) is 2.94. The quantitative estimate of drug-likeness (QED) is 0.800. The number of hydrogen-bond donors (Lipinski definition) is 0. The van der Waals surface area contributed by atoms with Gasteiger partial charge in [0.2, 0.25) is 0 Å². The number of halogens is 3. The van der Waals surface area contributed by atoms with Crippen LogP contribution in [0.3, 0.4) is 0 Å². The van der Waals surface area contributed by atoms with Gasteiger partial charge in [0.05, 0.1) is 6.61 Å². The Kier molecular flexibility index (Phi) is 3.82. The van der Waals surface area contributed by atoms with E-state index in [0.717, 1.165) is 6.07 Å². The van der Waals surface area contributed by atoms with E-state index in [1.807, 2.05) is 0 Å². The molecule has 5 heteroatoms. The van der Waals surface area contributed by atoms with E-state index in [-0.39, 0.29) is 18.3 Å². The summed E-state index contributed by atoms with van der Waals surface area (Å²) in [7, 11) is 0. The minimum atomic E-state index is -0.881. The summed E-state index contributed by atoms with van der Waals surface area (Å²) in [4.78, 5) is 11.4. The van der Waals surface area contributed by atoms with Crippen LogP contribution in [0.4, 0.5) is 8.78 Å². The fourth-order valence-electron chi connectivity index (χ4n) is 2.25. The number of hydrogen-bond acceptors (Lipinski definition) is 2. The summed E-state index contributed by atoms with van der Waals surface area (Å²) >= 11 is 3.30. The number of rotatable bonds is 3. The lowest BCUT2D eigenvalue weighted by Gasteiger charge is -2.27. The Labute approximate surface area is 112 Å². The molecule has 0 unspecified atom stereocenters. The van der Waals surface area contributed by atoms with Crippen molar-refractivity contribution < 1.29 is 18.3 Å². The van der Waals surface area contributed by atoms with Crippen LogP contribution in [0.5, 0.6) is 0 Å². The second kappa shape index (κ2) is 5.05. The van der Waals surface area contributed by atoms with Gasteiger partial charge in [0.1, 0.15) is 23.0 Å². The molecule has 1 heterocycles. The largest absolute Gasteiger partial charge is 0.369 e. The third kappa shape index (κ3) is 2.34. The van der Waals surface area contributed by atoms with Gasteiger partial charge in [0, 0.05) is 22.9 Å². The van der Waals surface area contributed by atoms with Gasteiger partial charge in [0.15, 0.2) is 0 Å². The average Bonchev–Trinajstić information content (AvgIpc) is 2.74. The Hall–Kier alpha value is -0.810. The molecule has 1 aromatic rings. The summed E-state index contributed by atoms with van der Waals surface area (Å²) in [5.74, 6) is -1.46. The predicted octanol–water partition coefficient (Wildman–Crippen LogP) is 3.18. The number of carbonyl (C=O) groups excluding carboxylic acids is 1. The fraction of sp³-hybridized carbons (Fsp3) is 0.462. The molecule has 1 aromatic carbocycles. The van der Waals surface area contributed by atoms with Crippen molar-refractivity contribution in [2.75, 3.05) is 11.9 Å². The van der Waals surface area contributed by atoms with Crippen molar-refractivity contribution in [1.82, 2.24) is 0 Å². The van der Waals surface area contributed by atoms with Crippen molar-refractivity contribution in [2.45, 2.75) is 18.9 Å². The molecule has 18 heavy (non-hydrogen) atoms. The van der Waals surface area contributed by atoms with Gasteiger partial charge in [-0.2, -0.15) is 0 Å². The van der Waals surface area contributed by atoms with Gasteiger partial charge >= 0.3 is 0 Å². The van der Waals surface area contributed by atoms with Crippen LogP contribution in [-0.2, 0) is 15.1 Å². The van der Waals surface area contributed by atoms with Crippen molar-refractivity contribution in [3.8, 4) is 0 Å². The van der Waals surface area contributed by atoms with Crippen molar-refractivity contribution in [2.24, 2.45) is 5.92 Å². The van der Waals surface area contributed by atoms with Crippen LogP contribution in [0.25, 0.3) is 0 Å². The summed E-state index contributed by atoms with van der Waals surface area (Å²) in [6, 6.07) is 3.42. The predicted molar refractivity (Wildman–Crippen MR) is 66.6 cm³/mol. The van der Waals surface area contributed by atoms with Crippen LogP contribution in [0.2, 0.25) is 0 Å². The van der Waals surface area contributed by atoms with E-state index in [0.29, 0.717) is 17.3 Å². The maximum absolute atomic E-state index is 13.8. The number of carbonyl (C=O) groups is 1. The third-order valence-electron chi connectivity index (χ3n) is 3.35. The normalized spacial score (nSPS) is 27.4. The molecule has 0 amide bonds. The molecule has 0 saturated carbocycles. The lowest BCUT2D eigenvalue weighted by Crippen LogP contribution is -2.28. The molecule has 98 valence electrons. The number of benzene rings is 1. The van der Waals surface area contributed by atoms with Crippen molar-refractivity contribution >= 4 is 21.7 Å². The van der Waals surface area contributed by atoms with Gasteiger partial charge in [-0.1, -0.05) is 22.0 Å². The van der Waals surface area contributed by atoms with E-state index in [9.17, 15) is 13.6 Å². The standard InChI is InChI=1S/C13H13BrF2O2/c1-8(17)9-5-13(7-14,18-6-9)11-3-2-10(15)4-12(11)16/h2-4,9H,5-7H2,1H3/t9-,13-/m0/s1. The van der Waals surface area contributed by atoms with Crippen LogP contribution in [-0.4, -0.2) is 17.7 Å². The van der Waals surface area contributed by atoms with Gasteiger partial charge in [-0.15, -0.1) is 0 Å². The zero-order chi connectivity index (χ0) is 13.3. The minimum absolute atomic E-state index is 0.0281. The van der Waals surface area contributed by atoms with Crippen LogP contribution in [0, 0.1) is 17.6 Å². The lowest BCUT2D eigenvalue weighted by atomic mass is 9.87. The molecule has 1 aliphatic heterocycles. The average molecular weight is 319 g/mol. The molecule has 0 N–H and O–H groups in total. The van der Waals surface area contributed by atoms with E-state index in [2.05, 4.69) is 15.9 Å². The third-order valence-corrected chi connectivity index (χ3v) is 4.26. The van der Waals surface area contributed by atoms with Crippen molar-refractivity contribution in [1.29, 1.82) is 0 Å². The Bertz CT molecular complexity index is 478. The first-order chi connectivity index (χ1) is 8.48. The lowest BCUT2D eigenvalue weighted by molar-refractivity contribution is -0.120. The molecular weight excluding hydrogens is 306 g/mol. The molecule has 2 atom stereocenters. The van der Waals surface area contributed by atoms with Gasteiger partial charge in [-0.05, 0) is 19.4 Å². The Balaban J connectivity index is 2.37. The first-order valence-corrected chi connectivity index (χ1v) is 6.76. The van der Waals surface area contributed by atoms with Gasteiger partial charge in [-0.3, -0.25) is 4.79 Å². The van der Waals surface area contributed by atoms with Gasteiger partial charge in [-0.25, -0.2) is 8.78 Å². The summed E-state index contributed by atoms with van der Waals surface area (Å²) in [5.41, 5.74) is -0.585. The van der Waals surface area contributed by atoms with Crippen LogP contribution in [0.15, 0.2) is 18.2 Å². The molecule has 2 nitrogen and oxygen atoms in total. The Morgan fingerprint density at radius 2 is 2.28 bits per heavy atom. The molecule has 1 aliphatic rings. The van der Waals surface area contributed by atoms with Crippen molar-refractivity contribution in [3.63, 3.8) is 0 Å². The van der Waals surface area contributed by atoms with Crippen LogP contribution >= 0.6 is 15.9 Å². The number of alkyl halides is 1. The van der Waals surface area contributed by atoms with Crippen LogP contribution in [0.1, 0.15) is 18.9 Å². The second-order valence-electron chi connectivity index (χ2n) is 4.57. The molecule has 0 aromatic heterocycles. The summed E-state index contributed by atoms with van der Waals surface area (Å²) in [6.07, 6.45) is 0.413. The first-order valence-electron chi connectivity index (χ1n) is 5.64. The number of ketones is 1. The molecule has 0 aliphatic carbocycles. The molecule has 1 saturated heterocycles. The zero-order valence-electron chi connectivity index (χ0n) is 9.88. The van der Waals surface area contributed by atoms with E-state index < -0.39 is 17.2 Å². The van der Waals surface area contributed by atoms with E-state index >= 15 is 0 Å². The molecule has 2 rings (SSSR count). The molecule has 0 spiro atoms. The Morgan fingerprint density at radius 1 is 1.56 bits per heavy atom. The molecule has 1 fully saturated rings. The molecule has 0 bridgehead atoms. The summed E-state index contributed by atoms with van der Waals surface area (Å²) < 4.78 is 32.4. The second-order valence-corrected chi connectivity index (χ2v) is 5.14. The van der Waals surface area contributed by atoms with Crippen LogP contribution < -0.4 is 0 Å². The van der Waals surface area contributed by atoms with E-state index in [4.69, 9.17) is 4.74 Å². The maximum Gasteiger partial charge on any atom is 0.135 e. The van der Waals surface area contributed by atoms with Gasteiger partial charge in [0.25, 0.3) is 0 Å². The molecule has 0 radical (unpaired) electrons. The zero-order valence-corrected chi connectivity index (χ0v) is 11.5. The monoisotopic (exact) mass is 318 g/mol. The topological polar surface area (TPSA) is 26.3 Å². The maximum atomic E-state index is 13.8. The summed E-state index contributed by atoms with van der Waals surface area (Å²) in [5, 5.41) is 0.367. The van der Waals surface area contributed by atoms with Gasteiger partial charge < -0.3 is 4.74 Å². The van der Waals surface area contributed by atoms with E-state index in [1.165, 1.54) is 19.1 Å². The first kappa shape index (κ1) is 13.6. The highest BCUT2D eigenvalue weighted by atomic mass is 79.9. The molecular formula is C13H13BrF2O2. The summed E-state index contributed by atoms with van der Waals surface area (Å²) in [6.45, 7) is 1.77. The highest BCUT2D eigenvalue weighted by Crippen LogP contribution is 2.41. The number of Topliss-reactive ketones (excluding diaryl/α,β-unsaturated/α-hetero) is 1. The van der Waals surface area contributed by atoms with E-state index in [1.54, 1.807) is 0 Å². The minimum Gasteiger partial charge on any atom is -0.369 e. The SMILES string of the molecule is CC(=O)[C@@H]1CO[C@@](CBr)(c2ccc(F)cc2F)C1. The highest BCUT2D eigenvalue weighted by molar-refractivity contribution is 9.09. The van der Waals surface area contributed by atoms with Crippen molar-refractivity contribution in [3.05, 3.63) is 35.4 Å². The Morgan fingerprint density at radius 3 is 2.78 bits per heavy atom. The highest BCUT2D eigenvalue weighted by Gasteiger charge is 2.44.